The Kier molecular flexibility index (Phi) is 13.2. The molecule has 0 rings (SSSR count). The Labute approximate surface area is 136 Å². The van der Waals surface area contributed by atoms with Crippen molar-refractivity contribution in [3.05, 3.63) is 12.2 Å². The molecule has 0 aromatic rings. The lowest BCUT2D eigenvalue weighted by Gasteiger charge is -2.22. The number of hydrogen-bond acceptors (Lipinski definition) is 4. The molecule has 4 nitrogen and oxygen atoms in total. The van der Waals surface area contributed by atoms with Crippen molar-refractivity contribution in [3.63, 3.8) is 0 Å². The zero-order valence-corrected chi connectivity index (χ0v) is 14.9. The molecule has 130 valence electrons. The highest BCUT2D eigenvalue weighted by molar-refractivity contribution is 5.86. The Bertz CT molecular complexity index is 301. The highest BCUT2D eigenvalue weighted by Gasteiger charge is 2.15. The van der Waals surface area contributed by atoms with Crippen LogP contribution in [0.5, 0.6) is 0 Å². The standard InChI is InChI=1S/C18H34O4/c1-6-9-10-16(7-2)13-17(21-8-3)14-20-11-12-22-18(19)15(4)5/h16-17H,4,6-14H2,1-3,5H3. The lowest BCUT2D eigenvalue weighted by atomic mass is 9.93. The monoisotopic (exact) mass is 314 g/mol. The molecule has 0 bridgehead atoms. The van der Waals surface area contributed by atoms with Crippen molar-refractivity contribution in [1.29, 1.82) is 0 Å². The summed E-state index contributed by atoms with van der Waals surface area (Å²) in [6, 6.07) is 0. The maximum atomic E-state index is 11.2. The summed E-state index contributed by atoms with van der Waals surface area (Å²) in [5.74, 6) is 0.330. The molecule has 0 aromatic heterocycles. The number of unbranched alkanes of at least 4 members (excludes halogenated alkanes) is 1. The number of hydrogen-bond donors (Lipinski definition) is 0. The first-order valence-corrected chi connectivity index (χ1v) is 8.56. The molecule has 0 fully saturated rings. The first-order valence-electron chi connectivity index (χ1n) is 8.56. The van der Waals surface area contributed by atoms with E-state index in [9.17, 15) is 4.79 Å². The predicted octanol–water partition coefficient (Wildman–Crippen LogP) is 4.13. The Morgan fingerprint density at radius 2 is 1.91 bits per heavy atom. The lowest BCUT2D eigenvalue weighted by Crippen LogP contribution is -2.24. The van der Waals surface area contributed by atoms with E-state index in [2.05, 4.69) is 20.4 Å². The van der Waals surface area contributed by atoms with Crippen LogP contribution >= 0.6 is 0 Å². The van der Waals surface area contributed by atoms with Crippen LogP contribution in [0.25, 0.3) is 0 Å². The van der Waals surface area contributed by atoms with Gasteiger partial charge in [0.05, 0.1) is 19.3 Å². The Hall–Kier alpha value is -0.870. The quantitative estimate of drug-likeness (QED) is 0.275. The largest absolute Gasteiger partial charge is 0.460 e. The van der Waals surface area contributed by atoms with Gasteiger partial charge in [-0.2, -0.15) is 0 Å². The number of carbonyl (C=O) groups excluding carboxylic acids is 1. The van der Waals surface area contributed by atoms with Crippen LogP contribution in [0.1, 0.15) is 59.8 Å². The normalized spacial score (nSPS) is 13.6. The topological polar surface area (TPSA) is 44.8 Å². The molecular weight excluding hydrogens is 280 g/mol. The van der Waals surface area contributed by atoms with Gasteiger partial charge in [0, 0.05) is 12.2 Å². The Morgan fingerprint density at radius 3 is 2.45 bits per heavy atom. The van der Waals surface area contributed by atoms with Crippen LogP contribution in [0.15, 0.2) is 12.2 Å². The Balaban J connectivity index is 3.97. The van der Waals surface area contributed by atoms with Crippen molar-refractivity contribution in [2.75, 3.05) is 26.4 Å². The van der Waals surface area contributed by atoms with Gasteiger partial charge in [-0.3, -0.25) is 0 Å². The summed E-state index contributed by atoms with van der Waals surface area (Å²) in [7, 11) is 0. The molecule has 2 unspecified atom stereocenters. The minimum absolute atomic E-state index is 0.128. The molecule has 0 saturated heterocycles. The zero-order chi connectivity index (χ0) is 16.8. The summed E-state index contributed by atoms with van der Waals surface area (Å²) in [6.07, 6.45) is 6.11. The molecular formula is C18H34O4. The van der Waals surface area contributed by atoms with Gasteiger partial charge in [-0.05, 0) is 26.2 Å². The van der Waals surface area contributed by atoms with Gasteiger partial charge in [0.1, 0.15) is 6.61 Å². The van der Waals surface area contributed by atoms with Crippen molar-refractivity contribution in [2.45, 2.75) is 65.9 Å². The molecule has 0 aliphatic carbocycles. The van der Waals surface area contributed by atoms with E-state index in [0.29, 0.717) is 31.3 Å². The summed E-state index contributed by atoms with van der Waals surface area (Å²) in [6.45, 7) is 13.6. The summed E-state index contributed by atoms with van der Waals surface area (Å²) >= 11 is 0. The predicted molar refractivity (Wildman–Crippen MR) is 89.9 cm³/mol. The van der Waals surface area contributed by atoms with Crippen LogP contribution in [0.3, 0.4) is 0 Å². The van der Waals surface area contributed by atoms with E-state index >= 15 is 0 Å². The molecule has 0 aliphatic heterocycles. The average Bonchev–Trinajstić information content (AvgIpc) is 2.50. The molecule has 22 heavy (non-hydrogen) atoms. The number of rotatable bonds is 14. The molecule has 0 N–H and O–H groups in total. The van der Waals surface area contributed by atoms with E-state index in [1.807, 2.05) is 6.92 Å². The van der Waals surface area contributed by atoms with Gasteiger partial charge in [-0.1, -0.05) is 46.1 Å². The van der Waals surface area contributed by atoms with Crippen molar-refractivity contribution >= 4 is 5.97 Å². The van der Waals surface area contributed by atoms with Crippen molar-refractivity contribution < 1.29 is 19.0 Å². The van der Waals surface area contributed by atoms with Crippen molar-refractivity contribution in [1.82, 2.24) is 0 Å². The van der Waals surface area contributed by atoms with Gasteiger partial charge in [0.2, 0.25) is 0 Å². The van der Waals surface area contributed by atoms with E-state index in [-0.39, 0.29) is 18.7 Å². The molecule has 0 radical (unpaired) electrons. The molecule has 0 aliphatic rings. The van der Waals surface area contributed by atoms with E-state index < -0.39 is 0 Å². The summed E-state index contributed by atoms with van der Waals surface area (Å²) in [4.78, 5) is 11.2. The van der Waals surface area contributed by atoms with E-state index in [1.54, 1.807) is 6.92 Å². The Morgan fingerprint density at radius 1 is 1.18 bits per heavy atom. The highest BCUT2D eigenvalue weighted by Crippen LogP contribution is 2.20. The van der Waals surface area contributed by atoms with Gasteiger partial charge in [-0.15, -0.1) is 0 Å². The third-order valence-corrected chi connectivity index (χ3v) is 3.65. The smallest absolute Gasteiger partial charge is 0.333 e. The van der Waals surface area contributed by atoms with Crippen molar-refractivity contribution in [2.24, 2.45) is 5.92 Å². The molecule has 2 atom stereocenters. The van der Waals surface area contributed by atoms with Crippen LogP contribution in [-0.4, -0.2) is 38.5 Å². The fourth-order valence-corrected chi connectivity index (χ4v) is 2.30. The van der Waals surface area contributed by atoms with Crippen LogP contribution in [0.4, 0.5) is 0 Å². The summed E-state index contributed by atoms with van der Waals surface area (Å²) in [5.41, 5.74) is 0.411. The minimum Gasteiger partial charge on any atom is -0.460 e. The van der Waals surface area contributed by atoms with E-state index in [1.165, 1.54) is 25.7 Å². The molecule has 0 amide bonds. The third kappa shape index (κ3) is 10.8. The molecule has 0 aromatic carbocycles. The van der Waals surface area contributed by atoms with Crippen LogP contribution < -0.4 is 0 Å². The summed E-state index contributed by atoms with van der Waals surface area (Å²) in [5, 5.41) is 0. The molecule has 0 saturated carbocycles. The maximum absolute atomic E-state index is 11.2. The number of ether oxygens (including phenoxy) is 3. The number of esters is 1. The van der Waals surface area contributed by atoms with E-state index in [0.717, 1.165) is 6.42 Å². The summed E-state index contributed by atoms with van der Waals surface area (Å²) < 4.78 is 16.4. The molecule has 0 spiro atoms. The first kappa shape index (κ1) is 21.1. The zero-order valence-electron chi connectivity index (χ0n) is 14.9. The second-order valence-electron chi connectivity index (χ2n) is 5.72. The van der Waals surface area contributed by atoms with Gasteiger partial charge in [-0.25, -0.2) is 4.79 Å². The fraction of sp³-hybridized carbons (Fsp3) is 0.833. The lowest BCUT2D eigenvalue weighted by molar-refractivity contribution is -0.141. The number of carbonyl (C=O) groups is 1. The maximum Gasteiger partial charge on any atom is 0.333 e. The van der Waals surface area contributed by atoms with Crippen LogP contribution in [-0.2, 0) is 19.0 Å². The average molecular weight is 314 g/mol. The highest BCUT2D eigenvalue weighted by atomic mass is 16.6. The van der Waals surface area contributed by atoms with Crippen LogP contribution in [0.2, 0.25) is 0 Å². The SMILES string of the molecule is C=C(C)C(=O)OCCOCC(CC(CC)CCCC)OCC. The van der Waals surface area contributed by atoms with Crippen LogP contribution in [0, 0.1) is 5.92 Å². The van der Waals surface area contributed by atoms with Crippen molar-refractivity contribution in [3.8, 4) is 0 Å². The van der Waals surface area contributed by atoms with E-state index in [4.69, 9.17) is 14.2 Å². The molecule has 4 heteroatoms. The third-order valence-electron chi connectivity index (χ3n) is 3.65. The second-order valence-corrected chi connectivity index (χ2v) is 5.72. The first-order chi connectivity index (χ1) is 10.5. The van der Waals surface area contributed by atoms with Gasteiger partial charge < -0.3 is 14.2 Å². The van der Waals surface area contributed by atoms with Gasteiger partial charge >= 0.3 is 5.97 Å². The second kappa shape index (κ2) is 13.8. The molecule has 0 heterocycles. The van der Waals surface area contributed by atoms with Gasteiger partial charge in [0.15, 0.2) is 0 Å². The van der Waals surface area contributed by atoms with Gasteiger partial charge in [0.25, 0.3) is 0 Å². The fourth-order valence-electron chi connectivity index (χ4n) is 2.30. The minimum atomic E-state index is -0.365.